The number of carbonyl (C=O) groups is 1. The van der Waals surface area contributed by atoms with Gasteiger partial charge in [0.05, 0.1) is 29.6 Å². The Morgan fingerprint density at radius 1 is 1.28 bits per heavy atom. The Morgan fingerprint density at radius 3 is 3.03 bits per heavy atom. The van der Waals surface area contributed by atoms with Gasteiger partial charge in [0.25, 0.3) is 5.91 Å². The Morgan fingerprint density at radius 2 is 2.22 bits per heavy atom. The molecule has 0 radical (unpaired) electrons. The second-order valence-electron chi connectivity index (χ2n) is 7.50. The van der Waals surface area contributed by atoms with Gasteiger partial charge in [-0.3, -0.25) is 14.5 Å². The molecule has 162 valence electrons. The summed E-state index contributed by atoms with van der Waals surface area (Å²) in [6.07, 6.45) is 3.31. The topological polar surface area (TPSA) is 110 Å². The van der Waals surface area contributed by atoms with Crippen molar-refractivity contribution in [1.29, 1.82) is 0 Å². The van der Waals surface area contributed by atoms with Crippen LogP contribution in [0.1, 0.15) is 26.5 Å². The lowest BCUT2D eigenvalue weighted by Crippen LogP contribution is -2.28. The number of benzene rings is 1. The summed E-state index contributed by atoms with van der Waals surface area (Å²) in [5.41, 5.74) is 6.72. The number of fused-ring (bicyclic) bond motifs is 1. The molecule has 0 unspecified atom stereocenters. The minimum Gasteiger partial charge on any atom is -0.347 e. The van der Waals surface area contributed by atoms with Crippen LogP contribution in [0.3, 0.4) is 0 Å². The maximum atomic E-state index is 12.2. The maximum Gasteiger partial charge on any atom is 0.263 e. The summed E-state index contributed by atoms with van der Waals surface area (Å²) in [6.45, 7) is 5.07. The summed E-state index contributed by atoms with van der Waals surface area (Å²) >= 11 is 1.33. The van der Waals surface area contributed by atoms with Crippen molar-refractivity contribution < 1.29 is 4.79 Å². The van der Waals surface area contributed by atoms with Crippen molar-refractivity contribution in [3.8, 4) is 11.3 Å². The standard InChI is InChI=1S/C22H22N8OS/c1-14-8-15(2-3-16(14)10-26-21(31)19-12-24-13-32-19)18-4-5-25-22(27-18)28-20-9-17-11-23-6-7-30(17)29-20/h2-5,8-9,12-13,23H,6-7,10-11H2,1H3,(H,26,31)(H,25,27,28,29). The van der Waals surface area contributed by atoms with Gasteiger partial charge in [0.15, 0.2) is 5.82 Å². The Balaban J connectivity index is 1.29. The van der Waals surface area contributed by atoms with Crippen LogP contribution in [-0.4, -0.2) is 37.2 Å². The molecule has 1 aliphatic heterocycles. The molecule has 0 bridgehead atoms. The molecule has 1 amide bonds. The van der Waals surface area contributed by atoms with Gasteiger partial charge in [-0.25, -0.2) is 9.97 Å². The van der Waals surface area contributed by atoms with Gasteiger partial charge in [-0.05, 0) is 30.2 Å². The number of hydrogen-bond donors (Lipinski definition) is 3. The smallest absolute Gasteiger partial charge is 0.263 e. The van der Waals surface area contributed by atoms with Gasteiger partial charge in [-0.15, -0.1) is 11.3 Å². The van der Waals surface area contributed by atoms with Gasteiger partial charge < -0.3 is 16.0 Å². The van der Waals surface area contributed by atoms with Crippen molar-refractivity contribution in [3.63, 3.8) is 0 Å². The third-order valence-corrected chi connectivity index (χ3v) is 6.07. The van der Waals surface area contributed by atoms with E-state index < -0.39 is 0 Å². The fraction of sp³-hybridized carbons (Fsp3) is 0.227. The number of hydrogen-bond acceptors (Lipinski definition) is 8. The SMILES string of the molecule is Cc1cc(-c2ccnc(Nc3cc4n(n3)CCNC4)n2)ccc1CNC(=O)c1cncs1. The second kappa shape index (κ2) is 8.85. The molecule has 1 aromatic carbocycles. The molecule has 9 nitrogen and oxygen atoms in total. The number of nitrogens with zero attached hydrogens (tertiary/aromatic N) is 5. The zero-order valence-corrected chi connectivity index (χ0v) is 18.3. The number of aryl methyl sites for hydroxylation is 1. The third-order valence-electron chi connectivity index (χ3n) is 5.30. The lowest BCUT2D eigenvalue weighted by molar-refractivity contribution is 0.0954. The zero-order chi connectivity index (χ0) is 21.9. The average molecular weight is 447 g/mol. The van der Waals surface area contributed by atoms with Gasteiger partial charge in [-0.1, -0.05) is 12.1 Å². The number of aromatic nitrogens is 5. The van der Waals surface area contributed by atoms with E-state index in [2.05, 4.69) is 42.1 Å². The molecule has 10 heteroatoms. The van der Waals surface area contributed by atoms with Crippen molar-refractivity contribution in [2.24, 2.45) is 0 Å². The summed E-state index contributed by atoms with van der Waals surface area (Å²) in [7, 11) is 0. The van der Waals surface area contributed by atoms with Crippen LogP contribution in [0.15, 0.2) is 48.2 Å². The van der Waals surface area contributed by atoms with Crippen molar-refractivity contribution in [2.45, 2.75) is 26.6 Å². The van der Waals surface area contributed by atoms with Gasteiger partial charge in [-0.2, -0.15) is 5.10 Å². The van der Waals surface area contributed by atoms with Crippen LogP contribution in [-0.2, 0) is 19.6 Å². The third kappa shape index (κ3) is 4.36. The zero-order valence-electron chi connectivity index (χ0n) is 17.5. The summed E-state index contributed by atoms with van der Waals surface area (Å²) < 4.78 is 2.00. The van der Waals surface area contributed by atoms with E-state index in [-0.39, 0.29) is 5.91 Å². The van der Waals surface area contributed by atoms with E-state index in [0.717, 1.165) is 53.5 Å². The van der Waals surface area contributed by atoms with Gasteiger partial charge in [0.2, 0.25) is 5.95 Å². The highest BCUT2D eigenvalue weighted by molar-refractivity contribution is 7.11. The maximum absolute atomic E-state index is 12.2. The molecule has 0 saturated carbocycles. The quantitative estimate of drug-likeness (QED) is 0.418. The Kier molecular flexibility index (Phi) is 5.61. The van der Waals surface area contributed by atoms with E-state index >= 15 is 0 Å². The minimum absolute atomic E-state index is 0.112. The first-order chi connectivity index (χ1) is 15.7. The summed E-state index contributed by atoms with van der Waals surface area (Å²) in [5, 5.41) is 14.1. The lowest BCUT2D eigenvalue weighted by atomic mass is 10.0. The molecule has 3 N–H and O–H groups in total. The van der Waals surface area contributed by atoms with E-state index in [1.54, 1.807) is 17.9 Å². The number of amides is 1. The predicted octanol–water partition coefficient (Wildman–Crippen LogP) is 2.88. The van der Waals surface area contributed by atoms with Gasteiger partial charge >= 0.3 is 0 Å². The number of anilines is 2. The number of thiazole rings is 1. The van der Waals surface area contributed by atoms with E-state index in [1.807, 2.05) is 35.9 Å². The van der Waals surface area contributed by atoms with Crippen molar-refractivity contribution >= 4 is 29.0 Å². The first kappa shape index (κ1) is 20.3. The highest BCUT2D eigenvalue weighted by atomic mass is 32.1. The molecular formula is C22H22N8OS. The summed E-state index contributed by atoms with van der Waals surface area (Å²) in [5.74, 6) is 1.13. The van der Waals surface area contributed by atoms with Crippen molar-refractivity contribution in [3.05, 3.63) is 69.9 Å². The fourth-order valence-corrected chi connectivity index (χ4v) is 4.13. The van der Waals surface area contributed by atoms with E-state index in [9.17, 15) is 4.79 Å². The minimum atomic E-state index is -0.112. The summed E-state index contributed by atoms with van der Waals surface area (Å²) in [4.78, 5) is 25.7. The number of nitrogens with one attached hydrogen (secondary N) is 3. The molecular weight excluding hydrogens is 424 g/mol. The van der Waals surface area contributed by atoms with Crippen LogP contribution in [0.4, 0.5) is 11.8 Å². The molecule has 4 heterocycles. The Hall–Kier alpha value is -3.63. The summed E-state index contributed by atoms with van der Waals surface area (Å²) in [6, 6.07) is 9.99. The molecule has 32 heavy (non-hydrogen) atoms. The van der Waals surface area contributed by atoms with Crippen LogP contribution in [0.2, 0.25) is 0 Å². The number of carbonyl (C=O) groups excluding carboxylic acids is 1. The van der Waals surface area contributed by atoms with Crippen molar-refractivity contribution in [2.75, 3.05) is 11.9 Å². The molecule has 0 aliphatic carbocycles. The first-order valence-electron chi connectivity index (χ1n) is 10.3. The Bertz CT molecular complexity index is 1230. The van der Waals surface area contributed by atoms with Crippen LogP contribution in [0.25, 0.3) is 11.3 Å². The largest absolute Gasteiger partial charge is 0.347 e. The molecule has 5 rings (SSSR count). The highest BCUT2D eigenvalue weighted by Gasteiger charge is 2.13. The molecule has 0 saturated heterocycles. The average Bonchev–Trinajstić information content (AvgIpc) is 3.48. The van der Waals surface area contributed by atoms with E-state index in [1.165, 1.54) is 11.3 Å². The molecule has 0 atom stereocenters. The van der Waals surface area contributed by atoms with Crippen molar-refractivity contribution in [1.82, 2.24) is 35.4 Å². The monoisotopic (exact) mass is 446 g/mol. The fourth-order valence-electron chi connectivity index (χ4n) is 3.59. The molecule has 3 aromatic heterocycles. The van der Waals surface area contributed by atoms with Gasteiger partial charge in [0, 0.05) is 37.5 Å². The lowest BCUT2D eigenvalue weighted by Gasteiger charge is -2.13. The Labute approximate surface area is 189 Å². The van der Waals surface area contributed by atoms with Crippen LogP contribution < -0.4 is 16.0 Å². The van der Waals surface area contributed by atoms with Crippen LogP contribution >= 0.6 is 11.3 Å². The molecule has 0 spiro atoms. The van der Waals surface area contributed by atoms with E-state index in [4.69, 9.17) is 0 Å². The van der Waals surface area contributed by atoms with E-state index in [0.29, 0.717) is 17.4 Å². The highest BCUT2D eigenvalue weighted by Crippen LogP contribution is 2.23. The van der Waals surface area contributed by atoms with Crippen LogP contribution in [0, 0.1) is 6.92 Å². The van der Waals surface area contributed by atoms with Gasteiger partial charge in [0.1, 0.15) is 4.88 Å². The van der Waals surface area contributed by atoms with Crippen LogP contribution in [0.5, 0.6) is 0 Å². The number of rotatable bonds is 6. The molecule has 4 aromatic rings. The molecule has 0 fully saturated rings. The second-order valence-corrected chi connectivity index (χ2v) is 8.39. The predicted molar refractivity (Wildman–Crippen MR) is 123 cm³/mol. The normalized spacial score (nSPS) is 12.9. The first-order valence-corrected chi connectivity index (χ1v) is 11.2. The molecule has 1 aliphatic rings.